The van der Waals surface area contributed by atoms with Gasteiger partial charge in [0.2, 0.25) is 5.91 Å². The predicted octanol–water partition coefficient (Wildman–Crippen LogP) is 4.02. The van der Waals surface area contributed by atoms with Crippen molar-refractivity contribution in [1.29, 1.82) is 0 Å². The fraction of sp³-hybridized carbons (Fsp3) is 0.450. The van der Waals surface area contributed by atoms with E-state index in [1.807, 2.05) is 30.3 Å². The molecule has 0 spiro atoms. The first-order valence-corrected chi connectivity index (χ1v) is 9.79. The summed E-state index contributed by atoms with van der Waals surface area (Å²) in [6.07, 6.45) is 5.64. The summed E-state index contributed by atoms with van der Waals surface area (Å²) in [4.78, 5) is 16.2. The van der Waals surface area contributed by atoms with Crippen LogP contribution in [0.4, 0.5) is 0 Å². The first-order chi connectivity index (χ1) is 11.8. The maximum Gasteiger partial charge on any atom is 0.224 e. The molecule has 0 unspecified atom stereocenters. The Morgan fingerprint density at radius 1 is 1.04 bits per heavy atom. The van der Waals surface area contributed by atoms with E-state index >= 15 is 0 Å². The minimum atomic E-state index is 0.109. The molecule has 1 amide bonds. The average Bonchev–Trinajstić information content (AvgIpc) is 2.99. The van der Waals surface area contributed by atoms with E-state index in [1.54, 1.807) is 11.3 Å². The summed E-state index contributed by atoms with van der Waals surface area (Å²) >= 11 is 1.79. The highest BCUT2D eigenvalue weighted by Gasteiger charge is 2.22. The molecule has 1 aromatic carbocycles. The van der Waals surface area contributed by atoms with Crippen molar-refractivity contribution in [3.05, 3.63) is 58.3 Å². The summed E-state index contributed by atoms with van der Waals surface area (Å²) in [6, 6.07) is 14.6. The minimum absolute atomic E-state index is 0.109. The molecule has 1 N–H and O–H groups in total. The van der Waals surface area contributed by atoms with Crippen LogP contribution in [-0.2, 0) is 11.2 Å². The highest BCUT2D eigenvalue weighted by atomic mass is 32.1. The second kappa shape index (κ2) is 9.00. The molecule has 1 atom stereocenters. The van der Waals surface area contributed by atoms with Crippen LogP contribution in [0.25, 0.3) is 0 Å². The normalized spacial score (nSPS) is 17.2. The lowest BCUT2D eigenvalue weighted by Gasteiger charge is -2.30. The monoisotopic (exact) mass is 342 g/mol. The highest BCUT2D eigenvalue weighted by Crippen LogP contribution is 2.27. The number of carbonyl (C=O) groups excluding carboxylic acids is 1. The maximum atomic E-state index is 12.3. The molecular formula is C20H26N2OS. The van der Waals surface area contributed by atoms with Crippen LogP contribution in [0.1, 0.15) is 42.2 Å². The number of nitrogens with one attached hydrogen (secondary N) is 1. The molecule has 0 bridgehead atoms. The van der Waals surface area contributed by atoms with Gasteiger partial charge in [-0.3, -0.25) is 9.69 Å². The Hall–Kier alpha value is -1.65. The Morgan fingerprint density at radius 3 is 2.46 bits per heavy atom. The van der Waals surface area contributed by atoms with Gasteiger partial charge in [-0.05, 0) is 42.9 Å². The van der Waals surface area contributed by atoms with E-state index in [2.05, 4.69) is 27.7 Å². The summed E-state index contributed by atoms with van der Waals surface area (Å²) in [5.41, 5.74) is 1.07. The van der Waals surface area contributed by atoms with E-state index in [1.165, 1.54) is 30.6 Å². The smallest absolute Gasteiger partial charge is 0.224 e. The van der Waals surface area contributed by atoms with Gasteiger partial charge in [0.05, 0.1) is 12.5 Å². The van der Waals surface area contributed by atoms with Crippen LogP contribution in [0, 0.1) is 0 Å². The van der Waals surface area contributed by atoms with Crippen molar-refractivity contribution in [1.82, 2.24) is 10.2 Å². The molecule has 0 saturated carbocycles. The van der Waals surface area contributed by atoms with Crippen LogP contribution in [0.15, 0.2) is 47.8 Å². The van der Waals surface area contributed by atoms with E-state index in [9.17, 15) is 4.79 Å². The van der Waals surface area contributed by atoms with E-state index in [0.29, 0.717) is 19.0 Å². The van der Waals surface area contributed by atoms with E-state index < -0.39 is 0 Å². The third-order valence-electron chi connectivity index (χ3n) is 4.65. The number of thiophene rings is 1. The van der Waals surface area contributed by atoms with Crippen molar-refractivity contribution in [2.45, 2.75) is 38.1 Å². The topological polar surface area (TPSA) is 32.3 Å². The molecule has 0 aliphatic carbocycles. The molecular weight excluding hydrogens is 316 g/mol. The molecule has 128 valence electrons. The van der Waals surface area contributed by atoms with Crippen LogP contribution in [0.2, 0.25) is 0 Å². The van der Waals surface area contributed by atoms with E-state index in [4.69, 9.17) is 0 Å². The van der Waals surface area contributed by atoms with Crippen LogP contribution in [-0.4, -0.2) is 30.4 Å². The van der Waals surface area contributed by atoms with Gasteiger partial charge in [-0.25, -0.2) is 0 Å². The van der Waals surface area contributed by atoms with Crippen LogP contribution < -0.4 is 5.32 Å². The van der Waals surface area contributed by atoms with Gasteiger partial charge in [0.1, 0.15) is 0 Å². The number of rotatable bonds is 6. The van der Waals surface area contributed by atoms with Gasteiger partial charge < -0.3 is 5.32 Å². The molecule has 1 fully saturated rings. The Labute approximate surface area is 148 Å². The molecule has 3 nitrogen and oxygen atoms in total. The van der Waals surface area contributed by atoms with Gasteiger partial charge >= 0.3 is 0 Å². The number of carbonyl (C=O) groups is 1. The third-order valence-corrected chi connectivity index (χ3v) is 5.63. The Bertz CT molecular complexity index is 604. The minimum Gasteiger partial charge on any atom is -0.354 e. The number of likely N-dealkylation sites (tertiary alicyclic amines) is 1. The lowest BCUT2D eigenvalue weighted by Crippen LogP contribution is -2.38. The molecule has 4 heteroatoms. The standard InChI is InChI=1S/C20H26N2OS/c23-20(15-17-9-4-3-5-10-17)21-16-18(19-11-8-14-24-19)22-12-6-1-2-7-13-22/h3-5,8-11,14,18H,1-2,6-7,12-13,15-16H2,(H,21,23)/t18-/m1/s1. The van der Waals surface area contributed by atoms with Crippen LogP contribution in [0.3, 0.4) is 0 Å². The zero-order valence-corrected chi connectivity index (χ0v) is 14.9. The van der Waals surface area contributed by atoms with Crippen molar-refractivity contribution in [3.8, 4) is 0 Å². The SMILES string of the molecule is O=C(Cc1ccccc1)NC[C@H](c1cccs1)N1CCCCCC1. The Morgan fingerprint density at radius 2 is 1.79 bits per heavy atom. The third kappa shape index (κ3) is 4.92. The highest BCUT2D eigenvalue weighted by molar-refractivity contribution is 7.10. The molecule has 0 radical (unpaired) electrons. The average molecular weight is 343 g/mol. The van der Waals surface area contributed by atoms with Gasteiger partial charge in [0.25, 0.3) is 0 Å². The fourth-order valence-corrected chi connectivity index (χ4v) is 4.21. The van der Waals surface area contributed by atoms with Crippen molar-refractivity contribution in [3.63, 3.8) is 0 Å². The first kappa shape index (κ1) is 17.2. The summed E-state index contributed by atoms with van der Waals surface area (Å²) in [7, 11) is 0. The summed E-state index contributed by atoms with van der Waals surface area (Å²) < 4.78 is 0. The lowest BCUT2D eigenvalue weighted by atomic mass is 10.1. The van der Waals surface area contributed by atoms with Crippen LogP contribution >= 0.6 is 11.3 Å². The van der Waals surface area contributed by atoms with Crippen LogP contribution in [0.5, 0.6) is 0 Å². The fourth-order valence-electron chi connectivity index (χ4n) is 3.35. The largest absolute Gasteiger partial charge is 0.354 e. The van der Waals surface area contributed by atoms with E-state index in [0.717, 1.165) is 18.7 Å². The predicted molar refractivity (Wildman–Crippen MR) is 100 cm³/mol. The van der Waals surface area contributed by atoms with Crippen molar-refractivity contribution in [2.24, 2.45) is 0 Å². The quantitative estimate of drug-likeness (QED) is 0.860. The van der Waals surface area contributed by atoms with Crippen molar-refractivity contribution in [2.75, 3.05) is 19.6 Å². The van der Waals surface area contributed by atoms with Crippen molar-refractivity contribution >= 4 is 17.2 Å². The van der Waals surface area contributed by atoms with Gasteiger partial charge in [-0.2, -0.15) is 0 Å². The lowest BCUT2D eigenvalue weighted by molar-refractivity contribution is -0.120. The number of hydrogen-bond acceptors (Lipinski definition) is 3. The summed E-state index contributed by atoms with van der Waals surface area (Å²) in [6.45, 7) is 2.97. The molecule has 3 rings (SSSR count). The number of nitrogens with zero attached hydrogens (tertiary/aromatic N) is 1. The molecule has 1 saturated heterocycles. The number of hydrogen-bond donors (Lipinski definition) is 1. The zero-order valence-electron chi connectivity index (χ0n) is 14.1. The second-order valence-electron chi connectivity index (χ2n) is 6.45. The molecule has 1 aliphatic heterocycles. The van der Waals surface area contributed by atoms with Gasteiger partial charge in [0, 0.05) is 11.4 Å². The Balaban J connectivity index is 1.60. The molecule has 1 aromatic heterocycles. The molecule has 2 heterocycles. The van der Waals surface area contributed by atoms with Gasteiger partial charge in [-0.15, -0.1) is 11.3 Å². The summed E-state index contributed by atoms with van der Waals surface area (Å²) in [5.74, 6) is 0.109. The van der Waals surface area contributed by atoms with Crippen molar-refractivity contribution < 1.29 is 4.79 Å². The van der Waals surface area contributed by atoms with Gasteiger partial charge in [0.15, 0.2) is 0 Å². The zero-order chi connectivity index (χ0) is 16.6. The molecule has 24 heavy (non-hydrogen) atoms. The maximum absolute atomic E-state index is 12.3. The second-order valence-corrected chi connectivity index (χ2v) is 7.43. The first-order valence-electron chi connectivity index (χ1n) is 8.91. The van der Waals surface area contributed by atoms with Gasteiger partial charge in [-0.1, -0.05) is 49.2 Å². The molecule has 1 aliphatic rings. The molecule has 2 aromatic rings. The van der Waals surface area contributed by atoms with E-state index in [-0.39, 0.29) is 5.91 Å². The number of amides is 1. The number of benzene rings is 1. The summed E-state index contributed by atoms with van der Waals surface area (Å²) in [5, 5.41) is 5.29. The Kier molecular flexibility index (Phi) is 6.44.